The van der Waals surface area contributed by atoms with E-state index in [1.54, 1.807) is 16.4 Å². The maximum absolute atomic E-state index is 12.9. The summed E-state index contributed by atoms with van der Waals surface area (Å²) in [6.45, 7) is 6.56. The van der Waals surface area contributed by atoms with Crippen molar-refractivity contribution in [1.82, 2.24) is 9.29 Å². The Labute approximate surface area is 121 Å². The summed E-state index contributed by atoms with van der Waals surface area (Å²) in [6.07, 6.45) is 4.43. The van der Waals surface area contributed by atoms with Crippen LogP contribution in [0.1, 0.15) is 40.0 Å². The fourth-order valence-electron chi connectivity index (χ4n) is 2.89. The number of nitrogens with zero attached hydrogens (tertiary/aromatic N) is 2. The second-order valence-electron chi connectivity index (χ2n) is 5.35. The van der Waals surface area contributed by atoms with Gasteiger partial charge in [-0.25, -0.2) is 13.4 Å². The molecule has 1 aliphatic heterocycles. The van der Waals surface area contributed by atoms with E-state index in [0.717, 1.165) is 19.3 Å². The molecule has 112 valence electrons. The Kier molecular flexibility index (Phi) is 4.65. The SMILES string of the molecule is CCNc1cccnc1S(=O)(=O)N1C(C)CCCC1C. The summed E-state index contributed by atoms with van der Waals surface area (Å²) >= 11 is 0. The van der Waals surface area contributed by atoms with Crippen LogP contribution in [0.25, 0.3) is 0 Å². The van der Waals surface area contributed by atoms with Crippen LogP contribution in [0.2, 0.25) is 0 Å². The summed E-state index contributed by atoms with van der Waals surface area (Å²) in [7, 11) is -3.55. The molecule has 20 heavy (non-hydrogen) atoms. The Morgan fingerprint density at radius 2 is 2.00 bits per heavy atom. The minimum absolute atomic E-state index is 0.0280. The van der Waals surface area contributed by atoms with Gasteiger partial charge in [0.1, 0.15) is 0 Å². The van der Waals surface area contributed by atoms with Crippen molar-refractivity contribution in [2.45, 2.75) is 57.1 Å². The first-order valence-electron chi connectivity index (χ1n) is 7.21. The predicted octanol–water partition coefficient (Wildman–Crippen LogP) is 2.47. The van der Waals surface area contributed by atoms with Crippen molar-refractivity contribution in [2.75, 3.05) is 11.9 Å². The molecule has 0 saturated carbocycles. The minimum atomic E-state index is -3.55. The lowest BCUT2D eigenvalue weighted by Gasteiger charge is -2.37. The summed E-state index contributed by atoms with van der Waals surface area (Å²) in [5.74, 6) is 0. The molecule has 2 rings (SSSR count). The van der Waals surface area contributed by atoms with Gasteiger partial charge >= 0.3 is 0 Å². The molecule has 1 saturated heterocycles. The van der Waals surface area contributed by atoms with Crippen molar-refractivity contribution >= 4 is 15.7 Å². The van der Waals surface area contributed by atoms with Gasteiger partial charge in [-0.1, -0.05) is 6.42 Å². The first-order valence-corrected chi connectivity index (χ1v) is 8.65. The fraction of sp³-hybridized carbons (Fsp3) is 0.643. The molecule has 1 N–H and O–H groups in total. The number of sulfonamides is 1. The van der Waals surface area contributed by atoms with Crippen molar-refractivity contribution < 1.29 is 8.42 Å². The Bertz CT molecular complexity index is 549. The molecule has 0 aliphatic carbocycles. The Hall–Kier alpha value is -1.14. The Balaban J connectivity index is 2.44. The number of anilines is 1. The quantitative estimate of drug-likeness (QED) is 0.927. The maximum atomic E-state index is 12.9. The highest BCUT2D eigenvalue weighted by Crippen LogP contribution is 2.31. The van der Waals surface area contributed by atoms with E-state index in [1.165, 1.54) is 6.20 Å². The summed E-state index contributed by atoms with van der Waals surface area (Å²) in [6, 6.07) is 3.57. The molecule has 6 heteroatoms. The number of nitrogens with one attached hydrogen (secondary N) is 1. The topological polar surface area (TPSA) is 62.3 Å². The second kappa shape index (κ2) is 6.10. The van der Waals surface area contributed by atoms with Crippen LogP contribution < -0.4 is 5.32 Å². The average molecular weight is 297 g/mol. The van der Waals surface area contributed by atoms with Crippen molar-refractivity contribution in [2.24, 2.45) is 0 Å². The zero-order chi connectivity index (χ0) is 14.8. The van der Waals surface area contributed by atoms with Crippen molar-refractivity contribution in [3.8, 4) is 0 Å². The average Bonchev–Trinajstić information content (AvgIpc) is 2.39. The fourth-order valence-corrected chi connectivity index (χ4v) is 4.86. The van der Waals surface area contributed by atoms with E-state index < -0.39 is 10.0 Å². The van der Waals surface area contributed by atoms with Crippen LogP contribution in [0.4, 0.5) is 5.69 Å². The smallest absolute Gasteiger partial charge is 0.263 e. The highest BCUT2D eigenvalue weighted by Gasteiger charge is 2.37. The lowest BCUT2D eigenvalue weighted by Crippen LogP contribution is -2.47. The molecule has 1 aliphatic rings. The van der Waals surface area contributed by atoms with Gasteiger partial charge in [0.2, 0.25) is 0 Å². The van der Waals surface area contributed by atoms with Gasteiger partial charge in [-0.05, 0) is 45.7 Å². The minimum Gasteiger partial charge on any atom is -0.383 e. The first kappa shape index (κ1) is 15.3. The maximum Gasteiger partial charge on any atom is 0.263 e. The molecule has 5 nitrogen and oxygen atoms in total. The number of hydrogen-bond acceptors (Lipinski definition) is 4. The van der Waals surface area contributed by atoms with Crippen LogP contribution in [0, 0.1) is 0 Å². The van der Waals surface area contributed by atoms with Gasteiger partial charge in [0, 0.05) is 24.8 Å². The third kappa shape index (κ3) is 2.81. The lowest BCUT2D eigenvalue weighted by molar-refractivity contribution is 0.204. The highest BCUT2D eigenvalue weighted by molar-refractivity contribution is 7.89. The number of rotatable bonds is 4. The summed E-state index contributed by atoms with van der Waals surface area (Å²) in [5.41, 5.74) is 0.583. The lowest BCUT2D eigenvalue weighted by atomic mass is 10.0. The van der Waals surface area contributed by atoms with Crippen LogP contribution in [0.15, 0.2) is 23.4 Å². The molecular weight excluding hydrogens is 274 g/mol. The molecule has 1 aromatic heterocycles. The van der Waals surface area contributed by atoms with Gasteiger partial charge < -0.3 is 5.32 Å². The van der Waals surface area contributed by atoms with E-state index >= 15 is 0 Å². The van der Waals surface area contributed by atoms with Crippen molar-refractivity contribution in [3.63, 3.8) is 0 Å². The molecule has 0 radical (unpaired) electrons. The zero-order valence-corrected chi connectivity index (χ0v) is 13.2. The summed E-state index contributed by atoms with van der Waals surface area (Å²) < 4.78 is 27.5. The van der Waals surface area contributed by atoms with Gasteiger partial charge in [-0.15, -0.1) is 0 Å². The Morgan fingerprint density at radius 3 is 2.60 bits per heavy atom. The van der Waals surface area contributed by atoms with Crippen LogP contribution in [0.5, 0.6) is 0 Å². The summed E-state index contributed by atoms with van der Waals surface area (Å²) in [4.78, 5) is 4.12. The van der Waals surface area contributed by atoms with E-state index in [2.05, 4.69) is 10.3 Å². The Morgan fingerprint density at radius 1 is 1.35 bits per heavy atom. The van der Waals surface area contributed by atoms with E-state index in [4.69, 9.17) is 0 Å². The third-order valence-corrected chi connectivity index (χ3v) is 5.86. The van der Waals surface area contributed by atoms with E-state index in [0.29, 0.717) is 12.2 Å². The molecule has 0 bridgehead atoms. The number of aromatic nitrogens is 1. The standard InChI is InChI=1S/C14H23N3O2S/c1-4-15-13-9-6-10-16-14(13)20(18,19)17-11(2)7-5-8-12(17)3/h6,9-12,15H,4-5,7-8H2,1-3H3. The van der Waals surface area contributed by atoms with E-state index in [1.807, 2.05) is 20.8 Å². The van der Waals surface area contributed by atoms with Gasteiger partial charge in [0.25, 0.3) is 10.0 Å². The number of pyridine rings is 1. The van der Waals surface area contributed by atoms with Gasteiger partial charge in [0.15, 0.2) is 5.03 Å². The van der Waals surface area contributed by atoms with Crippen LogP contribution >= 0.6 is 0 Å². The molecule has 2 atom stereocenters. The monoisotopic (exact) mass is 297 g/mol. The first-order chi connectivity index (χ1) is 9.48. The van der Waals surface area contributed by atoms with Crippen LogP contribution in [-0.4, -0.2) is 36.3 Å². The molecule has 0 aromatic carbocycles. The number of piperidine rings is 1. The van der Waals surface area contributed by atoms with Gasteiger partial charge in [-0.3, -0.25) is 0 Å². The van der Waals surface area contributed by atoms with Gasteiger partial charge in [0.05, 0.1) is 5.69 Å². The van der Waals surface area contributed by atoms with E-state index in [9.17, 15) is 8.42 Å². The highest BCUT2D eigenvalue weighted by atomic mass is 32.2. The molecular formula is C14H23N3O2S. The zero-order valence-electron chi connectivity index (χ0n) is 12.3. The third-order valence-electron chi connectivity index (χ3n) is 3.77. The van der Waals surface area contributed by atoms with Gasteiger partial charge in [-0.2, -0.15) is 4.31 Å². The molecule has 0 amide bonds. The number of hydrogen-bond donors (Lipinski definition) is 1. The predicted molar refractivity (Wildman–Crippen MR) is 80.2 cm³/mol. The molecule has 2 heterocycles. The molecule has 2 unspecified atom stereocenters. The molecule has 1 aromatic rings. The van der Waals surface area contributed by atoms with Crippen LogP contribution in [-0.2, 0) is 10.0 Å². The van der Waals surface area contributed by atoms with E-state index in [-0.39, 0.29) is 17.1 Å². The largest absolute Gasteiger partial charge is 0.383 e. The molecule has 0 spiro atoms. The second-order valence-corrected chi connectivity index (χ2v) is 7.11. The van der Waals surface area contributed by atoms with Crippen LogP contribution in [0.3, 0.4) is 0 Å². The van der Waals surface area contributed by atoms with Crippen molar-refractivity contribution in [1.29, 1.82) is 0 Å². The molecule has 1 fully saturated rings. The van der Waals surface area contributed by atoms with Crippen molar-refractivity contribution in [3.05, 3.63) is 18.3 Å². The normalized spacial score (nSPS) is 24.6. The summed E-state index contributed by atoms with van der Waals surface area (Å²) in [5, 5.41) is 3.22.